The van der Waals surface area contributed by atoms with Gasteiger partial charge in [-0.25, -0.2) is 0 Å². The molecule has 0 spiro atoms. The van der Waals surface area contributed by atoms with Crippen molar-refractivity contribution in [1.82, 2.24) is 0 Å². The lowest BCUT2D eigenvalue weighted by Gasteiger charge is -2.08. The van der Waals surface area contributed by atoms with Gasteiger partial charge in [-0.3, -0.25) is 19.7 Å². The van der Waals surface area contributed by atoms with Gasteiger partial charge in [-0.05, 0) is 49.2 Å². The number of hydrogen-bond donors (Lipinski definition) is 2. The lowest BCUT2D eigenvalue weighted by molar-refractivity contribution is -0.384. The lowest BCUT2D eigenvalue weighted by atomic mass is 10.1. The fourth-order valence-corrected chi connectivity index (χ4v) is 2.34. The van der Waals surface area contributed by atoms with Crippen LogP contribution in [0.25, 0.3) is 0 Å². The van der Waals surface area contributed by atoms with Crippen LogP contribution in [0.1, 0.15) is 11.1 Å². The maximum absolute atomic E-state index is 11.9. The molecule has 0 radical (unpaired) electrons. The van der Waals surface area contributed by atoms with Crippen LogP contribution in [-0.2, 0) is 9.59 Å². The molecule has 0 fully saturated rings. The van der Waals surface area contributed by atoms with Crippen molar-refractivity contribution in [1.29, 1.82) is 0 Å². The minimum atomic E-state index is -0.939. The van der Waals surface area contributed by atoms with Gasteiger partial charge in [0.2, 0.25) is 0 Å². The third kappa shape index (κ3) is 4.30. The number of nitro benzene ring substituents is 1. The SMILES string of the molecule is Cc1cc(C)cc(NC(=O)C(=O)Nc2ccc(Cl)c([N+](=O)[O-])c2)c1. The highest BCUT2D eigenvalue weighted by Crippen LogP contribution is 2.27. The minimum absolute atomic E-state index is 0.0577. The van der Waals surface area contributed by atoms with E-state index in [2.05, 4.69) is 10.6 Å². The van der Waals surface area contributed by atoms with Crippen LogP contribution < -0.4 is 10.6 Å². The van der Waals surface area contributed by atoms with Crippen molar-refractivity contribution in [2.24, 2.45) is 0 Å². The van der Waals surface area contributed by atoms with E-state index in [0.717, 1.165) is 17.2 Å². The Hall–Kier alpha value is -2.93. The highest BCUT2D eigenvalue weighted by Gasteiger charge is 2.17. The smallest absolute Gasteiger partial charge is 0.314 e. The van der Waals surface area contributed by atoms with Gasteiger partial charge in [0.25, 0.3) is 5.69 Å². The van der Waals surface area contributed by atoms with Crippen LogP contribution in [0.5, 0.6) is 0 Å². The van der Waals surface area contributed by atoms with E-state index in [1.807, 2.05) is 19.9 Å². The zero-order valence-corrected chi connectivity index (χ0v) is 13.7. The number of amides is 2. The molecule has 8 heteroatoms. The Bertz CT molecular complexity index is 816. The normalized spacial score (nSPS) is 10.1. The van der Waals surface area contributed by atoms with Gasteiger partial charge >= 0.3 is 11.8 Å². The average molecular weight is 348 g/mol. The second-order valence-electron chi connectivity index (χ2n) is 5.21. The van der Waals surface area contributed by atoms with Crippen LogP contribution in [0.4, 0.5) is 17.1 Å². The monoisotopic (exact) mass is 347 g/mol. The number of nitrogens with zero attached hydrogens (tertiary/aromatic N) is 1. The molecule has 2 aromatic rings. The van der Waals surface area contributed by atoms with E-state index in [1.54, 1.807) is 12.1 Å². The highest BCUT2D eigenvalue weighted by molar-refractivity contribution is 6.43. The average Bonchev–Trinajstić information content (AvgIpc) is 2.47. The van der Waals surface area contributed by atoms with Gasteiger partial charge in [0, 0.05) is 17.4 Å². The van der Waals surface area contributed by atoms with Crippen molar-refractivity contribution in [2.75, 3.05) is 10.6 Å². The molecule has 2 amide bonds. The Morgan fingerprint density at radius 3 is 2.04 bits per heavy atom. The van der Waals surface area contributed by atoms with E-state index in [9.17, 15) is 19.7 Å². The number of rotatable bonds is 3. The molecule has 2 rings (SSSR count). The van der Waals surface area contributed by atoms with Crippen LogP contribution >= 0.6 is 11.6 Å². The van der Waals surface area contributed by atoms with E-state index in [1.165, 1.54) is 12.1 Å². The van der Waals surface area contributed by atoms with Gasteiger partial charge in [0.15, 0.2) is 0 Å². The number of nitrogens with one attached hydrogen (secondary N) is 2. The summed E-state index contributed by atoms with van der Waals surface area (Å²) in [7, 11) is 0. The Morgan fingerprint density at radius 1 is 0.958 bits per heavy atom. The topological polar surface area (TPSA) is 101 Å². The van der Waals surface area contributed by atoms with Gasteiger partial charge in [-0.15, -0.1) is 0 Å². The van der Waals surface area contributed by atoms with Crippen molar-refractivity contribution in [2.45, 2.75) is 13.8 Å². The molecule has 2 aromatic carbocycles. The molecule has 0 atom stereocenters. The first-order valence-corrected chi connectivity index (χ1v) is 7.28. The van der Waals surface area contributed by atoms with Crippen LogP contribution in [0.3, 0.4) is 0 Å². The fourth-order valence-electron chi connectivity index (χ4n) is 2.15. The molecule has 0 bridgehead atoms. The third-order valence-corrected chi connectivity index (χ3v) is 3.41. The van der Waals surface area contributed by atoms with Crippen molar-refractivity contribution in [3.8, 4) is 0 Å². The molecule has 0 aromatic heterocycles. The zero-order chi connectivity index (χ0) is 17.9. The number of carbonyl (C=O) groups is 2. The first kappa shape index (κ1) is 17.4. The first-order valence-electron chi connectivity index (χ1n) is 6.91. The fraction of sp³-hybridized carbons (Fsp3) is 0.125. The van der Waals surface area contributed by atoms with Gasteiger partial charge in [-0.1, -0.05) is 17.7 Å². The van der Waals surface area contributed by atoms with Crippen molar-refractivity contribution in [3.63, 3.8) is 0 Å². The Morgan fingerprint density at radius 2 is 1.50 bits per heavy atom. The number of hydrogen-bond acceptors (Lipinski definition) is 4. The summed E-state index contributed by atoms with van der Waals surface area (Å²) in [6.45, 7) is 3.74. The molecular weight excluding hydrogens is 334 g/mol. The van der Waals surface area contributed by atoms with E-state index < -0.39 is 16.7 Å². The number of carbonyl (C=O) groups excluding carboxylic acids is 2. The van der Waals surface area contributed by atoms with E-state index in [4.69, 9.17) is 11.6 Å². The quantitative estimate of drug-likeness (QED) is 0.504. The van der Waals surface area contributed by atoms with Crippen LogP contribution in [0, 0.1) is 24.0 Å². The molecule has 0 aliphatic carbocycles. The van der Waals surface area contributed by atoms with Gasteiger partial charge < -0.3 is 10.6 Å². The Labute approximate surface area is 142 Å². The summed E-state index contributed by atoms with van der Waals surface area (Å²) < 4.78 is 0. The lowest BCUT2D eigenvalue weighted by Crippen LogP contribution is -2.29. The molecule has 0 aliphatic rings. The molecule has 0 heterocycles. The van der Waals surface area contributed by atoms with Gasteiger partial charge in [-0.2, -0.15) is 0 Å². The number of benzene rings is 2. The molecule has 7 nitrogen and oxygen atoms in total. The van der Waals surface area contributed by atoms with Crippen LogP contribution in [-0.4, -0.2) is 16.7 Å². The predicted molar refractivity (Wildman–Crippen MR) is 91.3 cm³/mol. The van der Waals surface area contributed by atoms with Crippen molar-refractivity contribution in [3.05, 3.63) is 62.7 Å². The standard InChI is InChI=1S/C16H14ClN3O4/c1-9-5-10(2)7-12(6-9)19-16(22)15(21)18-11-3-4-13(17)14(8-11)20(23)24/h3-8H,1-2H3,(H,18,21)(H,19,22). The molecule has 0 unspecified atom stereocenters. The van der Waals surface area contributed by atoms with E-state index >= 15 is 0 Å². The second-order valence-corrected chi connectivity index (χ2v) is 5.62. The molecular formula is C16H14ClN3O4. The number of nitro groups is 1. The first-order chi connectivity index (χ1) is 11.3. The minimum Gasteiger partial charge on any atom is -0.318 e. The molecule has 24 heavy (non-hydrogen) atoms. The Balaban J connectivity index is 2.10. The summed E-state index contributed by atoms with van der Waals surface area (Å²) in [5.41, 5.74) is 2.13. The molecule has 0 saturated heterocycles. The highest BCUT2D eigenvalue weighted by atomic mass is 35.5. The summed E-state index contributed by atoms with van der Waals surface area (Å²) in [5.74, 6) is -1.82. The van der Waals surface area contributed by atoms with Gasteiger partial charge in [0.1, 0.15) is 5.02 Å². The molecule has 124 valence electrons. The molecule has 0 saturated carbocycles. The summed E-state index contributed by atoms with van der Waals surface area (Å²) in [5, 5.41) is 15.6. The third-order valence-electron chi connectivity index (χ3n) is 3.09. The van der Waals surface area contributed by atoms with E-state index in [0.29, 0.717) is 5.69 Å². The van der Waals surface area contributed by atoms with Crippen LogP contribution in [0.2, 0.25) is 5.02 Å². The number of halogens is 1. The van der Waals surface area contributed by atoms with E-state index in [-0.39, 0.29) is 16.4 Å². The molecule has 0 aliphatic heterocycles. The van der Waals surface area contributed by atoms with Crippen molar-refractivity contribution < 1.29 is 14.5 Å². The largest absolute Gasteiger partial charge is 0.318 e. The number of anilines is 2. The maximum atomic E-state index is 11.9. The Kier molecular flexibility index (Phi) is 5.15. The summed E-state index contributed by atoms with van der Waals surface area (Å²) in [4.78, 5) is 34.0. The second kappa shape index (κ2) is 7.10. The summed E-state index contributed by atoms with van der Waals surface area (Å²) >= 11 is 5.69. The molecule has 2 N–H and O–H groups in total. The van der Waals surface area contributed by atoms with Crippen LogP contribution in [0.15, 0.2) is 36.4 Å². The summed E-state index contributed by atoms with van der Waals surface area (Å²) in [6.07, 6.45) is 0. The van der Waals surface area contributed by atoms with Crippen molar-refractivity contribution >= 4 is 40.5 Å². The summed E-state index contributed by atoms with van der Waals surface area (Å²) in [6, 6.07) is 9.12. The maximum Gasteiger partial charge on any atom is 0.314 e. The van der Waals surface area contributed by atoms with Gasteiger partial charge in [0.05, 0.1) is 4.92 Å². The zero-order valence-electron chi connectivity index (χ0n) is 12.9. The number of aryl methyl sites for hydroxylation is 2. The predicted octanol–water partition coefficient (Wildman–Crippen LogP) is 3.44.